The number of benzene rings is 2. The van der Waals surface area contributed by atoms with Gasteiger partial charge < -0.3 is 5.32 Å². The molecule has 31 heavy (non-hydrogen) atoms. The molecule has 5 rings (SSSR count). The van der Waals surface area contributed by atoms with Crippen LogP contribution in [0.2, 0.25) is 5.02 Å². The van der Waals surface area contributed by atoms with Crippen LogP contribution in [0.5, 0.6) is 0 Å². The average Bonchev–Trinajstić information content (AvgIpc) is 3.35. The monoisotopic (exact) mass is 466 g/mol. The van der Waals surface area contributed by atoms with Gasteiger partial charge in [0.1, 0.15) is 11.4 Å². The molecule has 0 bridgehead atoms. The molecule has 0 saturated heterocycles. The summed E-state index contributed by atoms with van der Waals surface area (Å²) in [5.74, 6) is 0.0541. The molecule has 1 amide bonds. The van der Waals surface area contributed by atoms with E-state index in [4.69, 9.17) is 11.6 Å². The number of hydrogen-bond acceptors (Lipinski definition) is 7. The fourth-order valence-corrected chi connectivity index (χ4v) is 5.03. The van der Waals surface area contributed by atoms with E-state index in [0.29, 0.717) is 20.8 Å². The lowest BCUT2D eigenvalue weighted by molar-refractivity contribution is -0.113. The number of hydrogen-bond donors (Lipinski definition) is 1. The van der Waals surface area contributed by atoms with Crippen LogP contribution >= 0.6 is 34.7 Å². The minimum atomic E-state index is -0.144. The summed E-state index contributed by atoms with van der Waals surface area (Å²) in [5, 5.41) is 9.97. The molecular weight excluding hydrogens is 452 g/mol. The van der Waals surface area contributed by atoms with Gasteiger partial charge in [-0.25, -0.2) is 19.6 Å². The van der Waals surface area contributed by atoms with E-state index in [1.807, 2.05) is 37.3 Å². The second-order valence-corrected chi connectivity index (χ2v) is 9.21. The third-order valence-corrected chi connectivity index (χ3v) is 6.69. The van der Waals surface area contributed by atoms with Gasteiger partial charge in [0.15, 0.2) is 10.8 Å². The first kappa shape index (κ1) is 19.9. The van der Waals surface area contributed by atoms with Crippen LogP contribution < -0.4 is 5.32 Å². The summed E-state index contributed by atoms with van der Waals surface area (Å²) in [6.45, 7) is 2.03. The molecule has 5 aromatic rings. The highest BCUT2D eigenvalue weighted by molar-refractivity contribution is 8.00. The number of nitrogens with zero attached hydrogens (tertiary/aromatic N) is 5. The number of thiazole rings is 1. The fraction of sp³-hybridized carbons (Fsp3) is 0.0952. The highest BCUT2D eigenvalue weighted by atomic mass is 35.5. The number of carbonyl (C=O) groups excluding carboxylic acids is 1. The lowest BCUT2D eigenvalue weighted by atomic mass is 10.2. The summed E-state index contributed by atoms with van der Waals surface area (Å²) in [6.07, 6.45) is 3.17. The molecule has 10 heteroatoms. The van der Waals surface area contributed by atoms with Gasteiger partial charge in [-0.05, 0) is 42.8 Å². The van der Waals surface area contributed by atoms with Crippen molar-refractivity contribution in [3.8, 4) is 5.69 Å². The zero-order valence-corrected chi connectivity index (χ0v) is 18.6. The standard InChI is InChI=1S/C21H15ClN6OS2/c1-12-5-6-16-17(7-12)31-21(26-16)27-18(29)10-30-20-15-9-25-28(19(15)23-11-24-20)14-4-2-3-13(22)8-14/h2-9,11H,10H2,1H3,(H,26,27,29). The maximum Gasteiger partial charge on any atom is 0.236 e. The Morgan fingerprint density at radius 1 is 1.23 bits per heavy atom. The van der Waals surface area contributed by atoms with Gasteiger partial charge in [-0.1, -0.05) is 46.8 Å². The van der Waals surface area contributed by atoms with Crippen molar-refractivity contribution in [1.82, 2.24) is 24.7 Å². The Labute approximate surface area is 190 Å². The summed E-state index contributed by atoms with van der Waals surface area (Å²) >= 11 is 8.90. The molecule has 0 fully saturated rings. The van der Waals surface area contributed by atoms with E-state index < -0.39 is 0 Å². The number of thioether (sulfide) groups is 1. The molecule has 3 aromatic heterocycles. The highest BCUT2D eigenvalue weighted by Gasteiger charge is 2.14. The summed E-state index contributed by atoms with van der Waals surface area (Å²) < 4.78 is 2.75. The number of halogens is 1. The fourth-order valence-electron chi connectivity index (χ4n) is 3.11. The lowest BCUT2D eigenvalue weighted by Crippen LogP contribution is -2.13. The molecular formula is C21H15ClN6OS2. The first-order valence-corrected chi connectivity index (χ1v) is 11.5. The first-order valence-electron chi connectivity index (χ1n) is 9.31. The Hall–Kier alpha value is -3.01. The van der Waals surface area contributed by atoms with Crippen molar-refractivity contribution in [3.05, 3.63) is 65.6 Å². The molecule has 0 saturated carbocycles. The SMILES string of the molecule is Cc1ccc2nc(NC(=O)CSc3ncnc4c3cnn4-c3cccc(Cl)c3)sc2c1. The third-order valence-electron chi connectivity index (χ3n) is 4.51. The van der Waals surface area contributed by atoms with Crippen molar-refractivity contribution < 1.29 is 4.79 Å². The zero-order chi connectivity index (χ0) is 21.4. The van der Waals surface area contributed by atoms with Crippen LogP contribution in [0, 0.1) is 6.92 Å². The van der Waals surface area contributed by atoms with Crippen molar-refractivity contribution in [2.45, 2.75) is 11.9 Å². The van der Waals surface area contributed by atoms with E-state index in [1.54, 1.807) is 16.9 Å². The topological polar surface area (TPSA) is 85.6 Å². The molecule has 2 aromatic carbocycles. The second kappa shape index (κ2) is 8.26. The normalized spacial score (nSPS) is 11.3. The van der Waals surface area contributed by atoms with Gasteiger partial charge in [-0.3, -0.25) is 4.79 Å². The summed E-state index contributed by atoms with van der Waals surface area (Å²) in [7, 11) is 0. The van der Waals surface area contributed by atoms with Crippen molar-refractivity contribution in [1.29, 1.82) is 0 Å². The molecule has 0 atom stereocenters. The minimum absolute atomic E-state index is 0.144. The van der Waals surface area contributed by atoms with Crippen LogP contribution in [0.3, 0.4) is 0 Å². The van der Waals surface area contributed by atoms with Crippen LogP contribution in [0.25, 0.3) is 26.9 Å². The molecule has 1 N–H and O–H groups in total. The van der Waals surface area contributed by atoms with Crippen LogP contribution in [-0.2, 0) is 4.79 Å². The number of aryl methyl sites for hydroxylation is 1. The third kappa shape index (κ3) is 4.12. The van der Waals surface area contributed by atoms with Gasteiger partial charge >= 0.3 is 0 Å². The average molecular weight is 467 g/mol. The van der Waals surface area contributed by atoms with Crippen LogP contribution in [0.4, 0.5) is 5.13 Å². The molecule has 0 aliphatic rings. The molecule has 0 aliphatic carbocycles. The summed E-state index contributed by atoms with van der Waals surface area (Å²) in [5.41, 5.74) is 3.50. The van der Waals surface area contributed by atoms with Crippen LogP contribution in [0.15, 0.2) is 60.0 Å². The number of fused-ring (bicyclic) bond motifs is 2. The Kier molecular flexibility index (Phi) is 5.31. The zero-order valence-electron chi connectivity index (χ0n) is 16.2. The second-order valence-electron chi connectivity index (χ2n) is 6.78. The number of aromatic nitrogens is 5. The molecule has 7 nitrogen and oxygen atoms in total. The van der Waals surface area contributed by atoms with E-state index in [1.165, 1.54) is 29.4 Å². The largest absolute Gasteiger partial charge is 0.301 e. The minimum Gasteiger partial charge on any atom is -0.301 e. The lowest BCUT2D eigenvalue weighted by Gasteiger charge is -2.05. The number of amides is 1. The van der Waals surface area contributed by atoms with Crippen molar-refractivity contribution >= 4 is 67.0 Å². The van der Waals surface area contributed by atoms with Gasteiger partial charge in [-0.15, -0.1) is 0 Å². The molecule has 0 spiro atoms. The van der Waals surface area contributed by atoms with E-state index in [-0.39, 0.29) is 11.7 Å². The molecule has 0 radical (unpaired) electrons. The van der Waals surface area contributed by atoms with Crippen molar-refractivity contribution in [2.75, 3.05) is 11.1 Å². The molecule has 0 unspecified atom stereocenters. The van der Waals surface area contributed by atoms with Gasteiger partial charge in [0.25, 0.3) is 0 Å². The molecule has 154 valence electrons. The Morgan fingerprint density at radius 3 is 3.00 bits per heavy atom. The number of rotatable bonds is 5. The predicted octanol–water partition coefficient (Wildman–Crippen LogP) is 5.12. The van der Waals surface area contributed by atoms with E-state index in [9.17, 15) is 4.79 Å². The number of nitrogens with one attached hydrogen (secondary N) is 1. The van der Waals surface area contributed by atoms with E-state index in [0.717, 1.165) is 26.9 Å². The quantitative estimate of drug-likeness (QED) is 0.286. The van der Waals surface area contributed by atoms with Crippen LogP contribution in [-0.4, -0.2) is 36.4 Å². The maximum atomic E-state index is 12.5. The first-order chi connectivity index (χ1) is 15.1. The molecule has 0 aliphatic heterocycles. The van der Waals surface area contributed by atoms with Gasteiger partial charge in [0, 0.05) is 5.02 Å². The summed E-state index contributed by atoms with van der Waals surface area (Å²) in [4.78, 5) is 25.6. The Morgan fingerprint density at radius 2 is 2.13 bits per heavy atom. The van der Waals surface area contributed by atoms with Crippen molar-refractivity contribution in [2.24, 2.45) is 0 Å². The van der Waals surface area contributed by atoms with E-state index >= 15 is 0 Å². The van der Waals surface area contributed by atoms with Crippen molar-refractivity contribution in [3.63, 3.8) is 0 Å². The summed E-state index contributed by atoms with van der Waals surface area (Å²) in [6, 6.07) is 13.4. The smallest absolute Gasteiger partial charge is 0.236 e. The van der Waals surface area contributed by atoms with Crippen LogP contribution in [0.1, 0.15) is 5.56 Å². The van der Waals surface area contributed by atoms with E-state index in [2.05, 4.69) is 31.4 Å². The van der Waals surface area contributed by atoms with Gasteiger partial charge in [-0.2, -0.15) is 5.10 Å². The highest BCUT2D eigenvalue weighted by Crippen LogP contribution is 2.29. The maximum absolute atomic E-state index is 12.5. The molecule has 3 heterocycles. The predicted molar refractivity (Wildman–Crippen MR) is 125 cm³/mol. The Balaban J connectivity index is 1.32. The number of carbonyl (C=O) groups is 1. The van der Waals surface area contributed by atoms with Gasteiger partial charge in [0.2, 0.25) is 5.91 Å². The van der Waals surface area contributed by atoms with Gasteiger partial charge in [0.05, 0.1) is 33.2 Å². The Bertz CT molecular complexity index is 1430. The number of anilines is 1.